The van der Waals surface area contributed by atoms with Gasteiger partial charge in [-0.15, -0.1) is 0 Å². The number of nitrogens with zero attached hydrogens (tertiary/aromatic N) is 1. The van der Waals surface area contributed by atoms with Gasteiger partial charge < -0.3 is 5.32 Å². The molecule has 26 heavy (non-hydrogen) atoms. The fraction of sp³-hybridized carbons (Fsp3) is 0.368. The number of fused-ring (bicyclic) bond motifs is 1. The third kappa shape index (κ3) is 3.70. The molecule has 7 heteroatoms. The molecule has 1 aliphatic carbocycles. The first kappa shape index (κ1) is 18.7. The first-order valence-corrected chi connectivity index (χ1v) is 8.61. The van der Waals surface area contributed by atoms with Crippen LogP contribution in [0.15, 0.2) is 35.0 Å². The van der Waals surface area contributed by atoms with Gasteiger partial charge in [0, 0.05) is 28.5 Å². The molecule has 1 aromatic rings. The predicted molar refractivity (Wildman–Crippen MR) is 97.4 cm³/mol. The van der Waals surface area contributed by atoms with Gasteiger partial charge in [-0.3, -0.25) is 9.79 Å². The highest BCUT2D eigenvalue weighted by atomic mass is 35.5. The van der Waals surface area contributed by atoms with E-state index < -0.39 is 11.7 Å². The van der Waals surface area contributed by atoms with Crippen LogP contribution in [0.3, 0.4) is 0 Å². The van der Waals surface area contributed by atoms with E-state index in [2.05, 4.69) is 16.9 Å². The quantitative estimate of drug-likeness (QED) is 0.681. The number of halogens is 4. The van der Waals surface area contributed by atoms with Gasteiger partial charge in [-0.25, -0.2) is 0 Å². The van der Waals surface area contributed by atoms with E-state index in [1.165, 1.54) is 6.07 Å². The van der Waals surface area contributed by atoms with Crippen molar-refractivity contribution in [3.63, 3.8) is 0 Å². The van der Waals surface area contributed by atoms with Crippen LogP contribution >= 0.6 is 11.6 Å². The Morgan fingerprint density at radius 3 is 2.54 bits per heavy atom. The van der Waals surface area contributed by atoms with Crippen molar-refractivity contribution in [1.82, 2.24) is 0 Å². The molecule has 0 radical (unpaired) electrons. The molecular weight excluding hydrogens is 365 g/mol. The van der Waals surface area contributed by atoms with Crippen molar-refractivity contribution in [2.45, 2.75) is 39.3 Å². The number of aliphatic imine (C=N–C) groups is 1. The van der Waals surface area contributed by atoms with Crippen LogP contribution in [0.5, 0.6) is 0 Å². The minimum absolute atomic E-state index is 0.0247. The number of rotatable bonds is 4. The van der Waals surface area contributed by atoms with Crippen LogP contribution in [0.1, 0.15) is 37.8 Å². The number of allylic oxidation sites excluding steroid dienone is 3. The molecule has 1 amide bonds. The SMILES string of the molecule is C=C(/N=C(C)/C(=C(\C)C(F)(F)F)c1cc(Cl)c2c(c1)CC(=O)N2)C1CC1. The molecule has 3 rings (SSSR count). The van der Waals surface area contributed by atoms with Crippen molar-refractivity contribution in [3.8, 4) is 0 Å². The highest BCUT2D eigenvalue weighted by Crippen LogP contribution is 2.40. The molecule has 0 atom stereocenters. The van der Waals surface area contributed by atoms with Gasteiger partial charge in [0.15, 0.2) is 0 Å². The molecule has 0 spiro atoms. The van der Waals surface area contributed by atoms with Crippen molar-refractivity contribution in [3.05, 3.63) is 46.1 Å². The van der Waals surface area contributed by atoms with Gasteiger partial charge in [0.1, 0.15) is 0 Å². The summed E-state index contributed by atoms with van der Waals surface area (Å²) < 4.78 is 40.4. The van der Waals surface area contributed by atoms with Crippen LogP contribution < -0.4 is 5.32 Å². The lowest BCUT2D eigenvalue weighted by molar-refractivity contribution is -0.115. The zero-order valence-electron chi connectivity index (χ0n) is 14.4. The summed E-state index contributed by atoms with van der Waals surface area (Å²) in [6, 6.07) is 3.01. The first-order valence-electron chi connectivity index (χ1n) is 8.23. The number of nitrogens with one attached hydrogen (secondary N) is 1. The van der Waals surface area contributed by atoms with Gasteiger partial charge >= 0.3 is 6.18 Å². The third-order valence-electron chi connectivity index (χ3n) is 4.60. The molecule has 0 unspecified atom stereocenters. The number of anilines is 1. The van der Waals surface area contributed by atoms with E-state index in [1.807, 2.05) is 0 Å². The standard InChI is InChI=1S/C19H18ClF3N2O/c1-9(19(21,22)23)17(11(3)24-10(2)12-4-5-12)13-6-14-8-16(26)25-18(14)15(20)7-13/h6-7,12H,2,4-5,8H2,1,3H3,(H,25,26)/b17-9-,24-11+. The number of benzene rings is 1. The topological polar surface area (TPSA) is 41.5 Å². The smallest absolute Gasteiger partial charge is 0.324 e. The molecule has 1 N–H and O–H groups in total. The van der Waals surface area contributed by atoms with Crippen molar-refractivity contribution < 1.29 is 18.0 Å². The summed E-state index contributed by atoms with van der Waals surface area (Å²) in [5.41, 5.74) is 1.40. The van der Waals surface area contributed by atoms with Crippen LogP contribution in [0.25, 0.3) is 5.57 Å². The minimum atomic E-state index is -4.51. The second kappa shape index (κ2) is 6.58. The largest absolute Gasteiger partial charge is 0.413 e. The Balaban J connectivity index is 2.13. The fourth-order valence-electron chi connectivity index (χ4n) is 3.06. The molecule has 1 fully saturated rings. The van der Waals surface area contributed by atoms with E-state index >= 15 is 0 Å². The second-order valence-electron chi connectivity index (χ2n) is 6.68. The third-order valence-corrected chi connectivity index (χ3v) is 4.90. The van der Waals surface area contributed by atoms with Crippen LogP contribution in [0.4, 0.5) is 18.9 Å². The Hall–Kier alpha value is -2.08. The Labute approximate surface area is 154 Å². The molecule has 3 nitrogen and oxygen atoms in total. The maximum absolute atomic E-state index is 13.5. The molecule has 1 heterocycles. The lowest BCUT2D eigenvalue weighted by atomic mass is 9.94. The highest BCUT2D eigenvalue weighted by Gasteiger charge is 2.35. The summed E-state index contributed by atoms with van der Waals surface area (Å²) in [5.74, 6) is 0.0208. The van der Waals surface area contributed by atoms with Crippen molar-refractivity contribution in [2.75, 3.05) is 5.32 Å². The second-order valence-corrected chi connectivity index (χ2v) is 7.08. The molecule has 1 aromatic carbocycles. The Morgan fingerprint density at radius 2 is 1.96 bits per heavy atom. The molecule has 1 saturated carbocycles. The summed E-state index contributed by atoms with van der Waals surface area (Å²) in [4.78, 5) is 15.9. The maximum atomic E-state index is 13.5. The average Bonchev–Trinajstić information content (AvgIpc) is 3.29. The van der Waals surface area contributed by atoms with E-state index in [0.717, 1.165) is 19.8 Å². The summed E-state index contributed by atoms with van der Waals surface area (Å²) in [5, 5.41) is 2.84. The van der Waals surface area contributed by atoms with E-state index in [4.69, 9.17) is 11.6 Å². The van der Waals surface area contributed by atoms with Crippen LogP contribution in [0.2, 0.25) is 5.02 Å². The monoisotopic (exact) mass is 382 g/mol. The Bertz CT molecular complexity index is 864. The number of hydrogen-bond donors (Lipinski definition) is 1. The zero-order chi connectivity index (χ0) is 19.2. The highest BCUT2D eigenvalue weighted by molar-refractivity contribution is 6.35. The van der Waals surface area contributed by atoms with Gasteiger partial charge in [0.25, 0.3) is 0 Å². The van der Waals surface area contributed by atoms with Crippen LogP contribution in [-0.4, -0.2) is 17.8 Å². The average molecular weight is 383 g/mol. The van der Waals surface area contributed by atoms with Gasteiger partial charge in [0.2, 0.25) is 5.91 Å². The van der Waals surface area contributed by atoms with Crippen molar-refractivity contribution >= 4 is 34.5 Å². The molecular formula is C19H18ClF3N2O. The molecule has 0 aromatic heterocycles. The van der Waals surface area contributed by atoms with Crippen molar-refractivity contribution in [1.29, 1.82) is 0 Å². The first-order chi connectivity index (χ1) is 12.1. The van der Waals surface area contributed by atoms with Gasteiger partial charge in [-0.1, -0.05) is 18.2 Å². The molecule has 1 aliphatic heterocycles. The Kier molecular flexibility index (Phi) is 4.73. The van der Waals surface area contributed by atoms with Crippen LogP contribution in [-0.2, 0) is 11.2 Å². The van der Waals surface area contributed by atoms with E-state index in [1.54, 1.807) is 13.0 Å². The molecule has 0 saturated heterocycles. The number of carbonyl (C=O) groups excluding carboxylic acids is 1. The van der Waals surface area contributed by atoms with Gasteiger partial charge in [-0.2, -0.15) is 13.2 Å². The number of carbonyl (C=O) groups is 1. The molecule has 2 aliphatic rings. The fourth-order valence-corrected chi connectivity index (χ4v) is 3.35. The molecule has 0 bridgehead atoms. The van der Waals surface area contributed by atoms with Crippen molar-refractivity contribution in [2.24, 2.45) is 10.9 Å². The summed E-state index contributed by atoms with van der Waals surface area (Å²) in [6.45, 7) is 6.44. The van der Waals surface area contributed by atoms with E-state index in [0.29, 0.717) is 22.5 Å². The Morgan fingerprint density at radius 1 is 1.31 bits per heavy atom. The number of hydrogen-bond acceptors (Lipinski definition) is 2. The summed E-state index contributed by atoms with van der Waals surface area (Å²) in [7, 11) is 0. The number of alkyl halides is 3. The lowest BCUT2D eigenvalue weighted by Crippen LogP contribution is -2.15. The van der Waals surface area contributed by atoms with E-state index in [-0.39, 0.29) is 34.6 Å². The van der Waals surface area contributed by atoms with Gasteiger partial charge in [0.05, 0.1) is 17.1 Å². The number of amides is 1. The molecule has 138 valence electrons. The summed E-state index contributed by atoms with van der Waals surface area (Å²) >= 11 is 6.20. The normalized spacial score (nSPS) is 18.4. The minimum Gasteiger partial charge on any atom is -0.324 e. The van der Waals surface area contributed by atoms with Gasteiger partial charge in [-0.05, 0) is 49.9 Å². The lowest BCUT2D eigenvalue weighted by Gasteiger charge is -2.17. The zero-order valence-corrected chi connectivity index (χ0v) is 15.2. The van der Waals surface area contributed by atoms with E-state index in [9.17, 15) is 18.0 Å². The summed E-state index contributed by atoms with van der Waals surface area (Å²) in [6.07, 6.45) is -2.49. The predicted octanol–water partition coefficient (Wildman–Crippen LogP) is 5.56. The van der Waals surface area contributed by atoms with Crippen LogP contribution in [0, 0.1) is 5.92 Å². The maximum Gasteiger partial charge on any atom is 0.413 e.